The van der Waals surface area contributed by atoms with Gasteiger partial charge in [-0.2, -0.15) is 5.10 Å². The van der Waals surface area contributed by atoms with E-state index in [-0.39, 0.29) is 12.0 Å². The number of aryl methyl sites for hydroxylation is 2. The lowest BCUT2D eigenvalue weighted by atomic mass is 10.1. The van der Waals surface area contributed by atoms with Crippen molar-refractivity contribution in [2.45, 2.75) is 39.2 Å². The summed E-state index contributed by atoms with van der Waals surface area (Å²) in [6.07, 6.45) is 4.84. The van der Waals surface area contributed by atoms with E-state index < -0.39 is 0 Å². The molecule has 1 aliphatic heterocycles. The van der Waals surface area contributed by atoms with Crippen molar-refractivity contribution < 1.29 is 9.53 Å². The van der Waals surface area contributed by atoms with Gasteiger partial charge in [-0.3, -0.25) is 9.48 Å². The highest BCUT2D eigenvalue weighted by molar-refractivity contribution is 5.97. The summed E-state index contributed by atoms with van der Waals surface area (Å²) >= 11 is 0. The molecular formula is C17H24N4O2. The molecule has 23 heavy (non-hydrogen) atoms. The molecule has 1 fully saturated rings. The number of fused-ring (bicyclic) bond motifs is 1. The molecule has 0 radical (unpaired) electrons. The zero-order chi connectivity index (χ0) is 16.4. The van der Waals surface area contributed by atoms with Crippen LogP contribution < -0.4 is 0 Å². The largest absolute Gasteiger partial charge is 0.376 e. The van der Waals surface area contributed by atoms with Gasteiger partial charge in [-0.1, -0.05) is 6.92 Å². The fourth-order valence-corrected chi connectivity index (χ4v) is 3.15. The van der Waals surface area contributed by atoms with E-state index in [1.807, 2.05) is 24.9 Å². The molecule has 2 aromatic rings. The van der Waals surface area contributed by atoms with Crippen molar-refractivity contribution in [2.24, 2.45) is 7.05 Å². The number of likely N-dealkylation sites (tertiary alicyclic amines) is 1. The summed E-state index contributed by atoms with van der Waals surface area (Å²) in [5.41, 5.74) is 2.33. The highest BCUT2D eigenvalue weighted by Crippen LogP contribution is 2.20. The summed E-state index contributed by atoms with van der Waals surface area (Å²) in [5, 5.41) is 5.30. The summed E-state index contributed by atoms with van der Waals surface area (Å²) in [6, 6.07) is 1.91. The van der Waals surface area contributed by atoms with Crippen molar-refractivity contribution in [1.82, 2.24) is 19.7 Å². The Morgan fingerprint density at radius 2 is 2.30 bits per heavy atom. The standard InChI is InChI=1S/C17H24N4O2/c1-4-8-23-14-6-5-7-21(11-14)17(22)13-9-15-12(2)19-20(3)16(15)18-10-13/h9-10,14H,4-8,11H2,1-3H3. The first-order valence-electron chi connectivity index (χ1n) is 8.30. The molecule has 0 bridgehead atoms. The average Bonchev–Trinajstić information content (AvgIpc) is 2.86. The topological polar surface area (TPSA) is 60.2 Å². The molecule has 1 aliphatic rings. The Morgan fingerprint density at radius 3 is 3.09 bits per heavy atom. The molecule has 1 unspecified atom stereocenters. The van der Waals surface area contributed by atoms with Crippen LogP contribution in [0.25, 0.3) is 11.0 Å². The van der Waals surface area contributed by atoms with Crippen LogP contribution in [-0.4, -0.2) is 51.4 Å². The minimum Gasteiger partial charge on any atom is -0.376 e. The average molecular weight is 316 g/mol. The van der Waals surface area contributed by atoms with Crippen LogP contribution in [0.4, 0.5) is 0 Å². The second-order valence-electron chi connectivity index (χ2n) is 6.19. The molecule has 3 heterocycles. The van der Waals surface area contributed by atoms with Crippen LogP contribution in [0.5, 0.6) is 0 Å². The van der Waals surface area contributed by atoms with Crippen LogP contribution in [0.15, 0.2) is 12.3 Å². The maximum absolute atomic E-state index is 12.8. The van der Waals surface area contributed by atoms with E-state index in [1.54, 1.807) is 10.9 Å². The van der Waals surface area contributed by atoms with Crippen molar-refractivity contribution in [3.63, 3.8) is 0 Å². The zero-order valence-electron chi connectivity index (χ0n) is 14.1. The van der Waals surface area contributed by atoms with Crippen LogP contribution in [0, 0.1) is 6.92 Å². The number of piperidine rings is 1. The molecule has 2 aromatic heterocycles. The van der Waals surface area contributed by atoms with Gasteiger partial charge in [-0.15, -0.1) is 0 Å². The Bertz CT molecular complexity index is 710. The van der Waals surface area contributed by atoms with Gasteiger partial charge >= 0.3 is 0 Å². The summed E-state index contributed by atoms with van der Waals surface area (Å²) in [7, 11) is 1.87. The van der Waals surface area contributed by atoms with Gasteiger partial charge in [0.1, 0.15) is 0 Å². The second kappa shape index (κ2) is 6.66. The molecule has 6 heteroatoms. The lowest BCUT2D eigenvalue weighted by Crippen LogP contribution is -2.43. The van der Waals surface area contributed by atoms with Gasteiger partial charge in [0.2, 0.25) is 0 Å². The highest BCUT2D eigenvalue weighted by atomic mass is 16.5. The number of pyridine rings is 1. The Balaban J connectivity index is 1.78. The molecule has 3 rings (SSSR count). The molecule has 0 aromatic carbocycles. The van der Waals surface area contributed by atoms with Gasteiger partial charge in [-0.25, -0.2) is 4.98 Å². The van der Waals surface area contributed by atoms with E-state index in [9.17, 15) is 4.79 Å². The van der Waals surface area contributed by atoms with E-state index in [0.29, 0.717) is 12.1 Å². The summed E-state index contributed by atoms with van der Waals surface area (Å²) in [5.74, 6) is 0.0347. The maximum atomic E-state index is 12.8. The van der Waals surface area contributed by atoms with Gasteiger partial charge in [0, 0.05) is 38.3 Å². The fraction of sp³-hybridized carbons (Fsp3) is 0.588. The van der Waals surface area contributed by atoms with E-state index in [1.165, 1.54) is 0 Å². The SMILES string of the molecule is CCCOC1CCCN(C(=O)c2cnc3c(c2)c(C)nn3C)C1. The zero-order valence-corrected chi connectivity index (χ0v) is 14.1. The Morgan fingerprint density at radius 1 is 1.48 bits per heavy atom. The third-order valence-electron chi connectivity index (χ3n) is 4.33. The van der Waals surface area contributed by atoms with Crippen molar-refractivity contribution in [1.29, 1.82) is 0 Å². The number of carbonyl (C=O) groups is 1. The van der Waals surface area contributed by atoms with Crippen LogP contribution in [0.1, 0.15) is 42.2 Å². The van der Waals surface area contributed by atoms with E-state index >= 15 is 0 Å². The van der Waals surface area contributed by atoms with Crippen LogP contribution in [0.3, 0.4) is 0 Å². The lowest BCUT2D eigenvalue weighted by Gasteiger charge is -2.32. The molecule has 1 saturated heterocycles. The number of carbonyl (C=O) groups excluding carboxylic acids is 1. The van der Waals surface area contributed by atoms with Gasteiger partial charge in [0.15, 0.2) is 5.65 Å². The first-order valence-corrected chi connectivity index (χ1v) is 8.30. The maximum Gasteiger partial charge on any atom is 0.255 e. The molecule has 124 valence electrons. The molecule has 6 nitrogen and oxygen atoms in total. The molecule has 0 aliphatic carbocycles. The van der Waals surface area contributed by atoms with Crippen molar-refractivity contribution >= 4 is 16.9 Å². The van der Waals surface area contributed by atoms with E-state index in [4.69, 9.17) is 4.74 Å². The minimum absolute atomic E-state index is 0.0347. The summed E-state index contributed by atoms with van der Waals surface area (Å²) in [4.78, 5) is 19.1. The summed E-state index contributed by atoms with van der Waals surface area (Å²) in [6.45, 7) is 6.25. The number of ether oxygens (including phenoxy) is 1. The fourth-order valence-electron chi connectivity index (χ4n) is 3.15. The molecule has 1 amide bonds. The molecule has 1 atom stereocenters. The summed E-state index contributed by atoms with van der Waals surface area (Å²) < 4.78 is 7.56. The molecule has 0 N–H and O–H groups in total. The highest BCUT2D eigenvalue weighted by Gasteiger charge is 2.25. The lowest BCUT2D eigenvalue weighted by molar-refractivity contribution is 0.00210. The predicted octanol–water partition coefficient (Wildman–Crippen LogP) is 2.31. The quantitative estimate of drug-likeness (QED) is 0.868. The molecule has 0 spiro atoms. The normalized spacial score (nSPS) is 18.6. The first-order chi connectivity index (χ1) is 11.1. The van der Waals surface area contributed by atoms with Gasteiger partial charge in [0.25, 0.3) is 5.91 Å². The van der Waals surface area contributed by atoms with E-state index in [0.717, 1.165) is 49.1 Å². The molecular weight excluding hydrogens is 292 g/mol. The Kier molecular flexibility index (Phi) is 4.61. The van der Waals surface area contributed by atoms with Gasteiger partial charge in [0.05, 0.1) is 17.4 Å². The van der Waals surface area contributed by atoms with Crippen LogP contribution >= 0.6 is 0 Å². The monoisotopic (exact) mass is 316 g/mol. The first kappa shape index (κ1) is 15.9. The second-order valence-corrected chi connectivity index (χ2v) is 6.19. The Hall–Kier alpha value is -1.95. The Labute approximate surface area is 136 Å². The van der Waals surface area contributed by atoms with Crippen molar-refractivity contribution in [2.75, 3.05) is 19.7 Å². The number of nitrogens with zero attached hydrogens (tertiary/aromatic N) is 4. The van der Waals surface area contributed by atoms with Crippen molar-refractivity contribution in [3.8, 4) is 0 Å². The van der Waals surface area contributed by atoms with E-state index in [2.05, 4.69) is 17.0 Å². The predicted molar refractivity (Wildman–Crippen MR) is 88.4 cm³/mol. The third kappa shape index (κ3) is 3.22. The third-order valence-corrected chi connectivity index (χ3v) is 4.33. The number of amides is 1. The molecule has 0 saturated carbocycles. The number of rotatable bonds is 4. The van der Waals surface area contributed by atoms with Crippen molar-refractivity contribution in [3.05, 3.63) is 23.5 Å². The smallest absolute Gasteiger partial charge is 0.255 e. The minimum atomic E-state index is 0.0347. The van der Waals surface area contributed by atoms with Crippen LogP contribution in [-0.2, 0) is 11.8 Å². The van der Waals surface area contributed by atoms with Crippen LogP contribution in [0.2, 0.25) is 0 Å². The number of hydrogen-bond acceptors (Lipinski definition) is 4. The van der Waals surface area contributed by atoms with Gasteiger partial charge < -0.3 is 9.64 Å². The number of hydrogen-bond donors (Lipinski definition) is 0. The number of aromatic nitrogens is 3. The van der Waals surface area contributed by atoms with Gasteiger partial charge in [-0.05, 0) is 32.3 Å².